The molecule has 4 amide bonds. The van der Waals surface area contributed by atoms with Crippen LogP contribution in [-0.2, 0) is 32.0 Å². The Morgan fingerprint density at radius 3 is 2.06 bits per heavy atom. The Balaban J connectivity index is 0.812. The van der Waals surface area contributed by atoms with Crippen LogP contribution in [-0.4, -0.2) is 125 Å². The number of rotatable bonds is 13. The highest BCUT2D eigenvalue weighted by Gasteiger charge is 2.32. The predicted molar refractivity (Wildman–Crippen MR) is 248 cm³/mol. The Hall–Kier alpha value is -7.39. The summed E-state index contributed by atoms with van der Waals surface area (Å²) in [6.07, 6.45) is 0.255. The number of amides is 4. The van der Waals surface area contributed by atoms with E-state index in [2.05, 4.69) is 22.3 Å². The molecule has 0 unspecified atom stereocenters. The Bertz CT molecular complexity index is 2780. The van der Waals surface area contributed by atoms with E-state index in [0.717, 1.165) is 27.8 Å². The minimum absolute atomic E-state index is 0.0771. The van der Waals surface area contributed by atoms with Gasteiger partial charge in [0.25, 0.3) is 11.5 Å². The number of carbonyl (C=O) groups is 4. The molecule has 2 aliphatic heterocycles. The normalized spacial score (nSPS) is 15.0. The number of hydrogen-bond acceptors (Lipinski definition) is 9. The lowest BCUT2D eigenvalue weighted by Crippen LogP contribution is -2.53. The zero-order valence-corrected chi connectivity index (χ0v) is 37.0. The molecule has 67 heavy (non-hydrogen) atoms. The van der Waals surface area contributed by atoms with Crippen LogP contribution in [0.3, 0.4) is 0 Å². The number of ether oxygens (including phenoxy) is 3. The molecule has 1 aliphatic carbocycles. The van der Waals surface area contributed by atoms with Crippen LogP contribution in [0.25, 0.3) is 21.9 Å². The van der Waals surface area contributed by atoms with Gasteiger partial charge < -0.3 is 28.9 Å². The standard InChI is InChI=1S/C52H51FN6O8/c53-46-19-18-36(31-47-42-16-8-9-17-43(42)49(61)55-54-47)30-44(46)50(62)57-26-24-56(25-27-57)48(60)32-59(52(64)67-34-45-40-14-6-4-12-38(40)39-13-5-7-15-41(39)45)28-29-65-37-20-22-58(23-21-37)51(63)66-33-35-10-2-1-3-11-35/h1-19,30,37,45H,20-29,31-34H2,(H,55,61). The van der Waals surface area contributed by atoms with Gasteiger partial charge in [-0.25, -0.2) is 19.1 Å². The zero-order valence-electron chi connectivity index (χ0n) is 37.0. The Labute approximate surface area is 386 Å². The first-order valence-corrected chi connectivity index (χ1v) is 22.7. The summed E-state index contributed by atoms with van der Waals surface area (Å²) < 4.78 is 33.0. The molecule has 6 aromatic rings. The highest BCUT2D eigenvalue weighted by Crippen LogP contribution is 2.44. The van der Waals surface area contributed by atoms with E-state index >= 15 is 4.39 Å². The fourth-order valence-corrected chi connectivity index (χ4v) is 9.20. The van der Waals surface area contributed by atoms with E-state index in [1.807, 2.05) is 72.8 Å². The van der Waals surface area contributed by atoms with Crippen LogP contribution in [0.2, 0.25) is 0 Å². The smallest absolute Gasteiger partial charge is 0.410 e. The van der Waals surface area contributed by atoms with Crippen LogP contribution in [0.15, 0.2) is 126 Å². The van der Waals surface area contributed by atoms with Gasteiger partial charge in [0, 0.05) is 63.5 Å². The van der Waals surface area contributed by atoms with Gasteiger partial charge in [0.1, 0.15) is 25.6 Å². The van der Waals surface area contributed by atoms with E-state index in [-0.39, 0.29) is 101 Å². The number of benzene rings is 5. The molecular formula is C52H51FN6O8. The first-order chi connectivity index (χ1) is 32.7. The van der Waals surface area contributed by atoms with E-state index < -0.39 is 17.8 Å². The van der Waals surface area contributed by atoms with Gasteiger partial charge in [0.2, 0.25) is 5.91 Å². The first-order valence-electron chi connectivity index (χ1n) is 22.7. The number of aromatic amines is 1. The van der Waals surface area contributed by atoms with Crippen LogP contribution < -0.4 is 5.56 Å². The van der Waals surface area contributed by atoms with Crippen molar-refractivity contribution in [2.24, 2.45) is 0 Å². The predicted octanol–water partition coefficient (Wildman–Crippen LogP) is 7.01. The monoisotopic (exact) mass is 906 g/mol. The number of piperidine rings is 1. The number of fused-ring (bicyclic) bond motifs is 4. The maximum absolute atomic E-state index is 15.2. The van der Waals surface area contributed by atoms with Crippen molar-refractivity contribution in [3.8, 4) is 11.1 Å². The topological polar surface area (TPSA) is 155 Å². The molecule has 3 aliphatic rings. The van der Waals surface area contributed by atoms with Crippen LogP contribution in [0.5, 0.6) is 0 Å². The molecule has 1 aromatic heterocycles. The molecule has 9 rings (SSSR count). The molecule has 0 saturated carbocycles. The number of nitrogens with zero attached hydrogens (tertiary/aromatic N) is 5. The van der Waals surface area contributed by atoms with E-state index in [1.54, 1.807) is 34.1 Å². The molecule has 0 atom stereocenters. The molecule has 2 saturated heterocycles. The summed E-state index contributed by atoms with van der Waals surface area (Å²) in [6, 6.07) is 37.1. The lowest BCUT2D eigenvalue weighted by molar-refractivity contribution is -0.133. The van der Waals surface area contributed by atoms with Gasteiger partial charge in [-0.1, -0.05) is 103 Å². The van der Waals surface area contributed by atoms with Crippen LogP contribution in [0.4, 0.5) is 14.0 Å². The minimum atomic E-state index is -0.667. The van der Waals surface area contributed by atoms with E-state index in [1.165, 1.54) is 21.9 Å². The molecule has 0 radical (unpaired) electrons. The fourth-order valence-electron chi connectivity index (χ4n) is 9.20. The SMILES string of the molecule is O=C(CN(CCOC1CCN(C(=O)OCc2ccccc2)CC1)C(=O)OCC1c2ccccc2-c2ccccc21)N1CCN(C(=O)c2cc(Cc3n[nH]c(=O)c4ccccc34)ccc2F)CC1. The third-order valence-electron chi connectivity index (χ3n) is 12.9. The number of aromatic nitrogens is 2. The number of carbonyl (C=O) groups excluding carboxylic acids is 4. The Morgan fingerprint density at radius 2 is 1.34 bits per heavy atom. The second kappa shape index (κ2) is 20.4. The maximum Gasteiger partial charge on any atom is 0.410 e. The summed E-state index contributed by atoms with van der Waals surface area (Å²) in [6.45, 7) is 1.83. The molecule has 5 aromatic carbocycles. The summed E-state index contributed by atoms with van der Waals surface area (Å²) in [5.41, 5.74) is 6.06. The molecule has 14 nitrogen and oxygen atoms in total. The Kier molecular flexibility index (Phi) is 13.7. The molecule has 0 bridgehead atoms. The van der Waals surface area contributed by atoms with Crippen molar-refractivity contribution in [3.63, 3.8) is 0 Å². The van der Waals surface area contributed by atoms with Gasteiger partial charge in [-0.05, 0) is 64.4 Å². The van der Waals surface area contributed by atoms with Crippen molar-refractivity contribution in [2.75, 3.05) is 65.6 Å². The average Bonchev–Trinajstić information content (AvgIpc) is 3.69. The first kappa shape index (κ1) is 44.8. The number of nitrogens with one attached hydrogen (secondary N) is 1. The Morgan fingerprint density at radius 1 is 0.701 bits per heavy atom. The molecule has 0 spiro atoms. The van der Waals surface area contributed by atoms with Crippen molar-refractivity contribution in [2.45, 2.75) is 37.9 Å². The van der Waals surface area contributed by atoms with Gasteiger partial charge in [-0.15, -0.1) is 0 Å². The second-order valence-corrected chi connectivity index (χ2v) is 17.0. The van der Waals surface area contributed by atoms with E-state index in [9.17, 15) is 24.0 Å². The van der Waals surface area contributed by atoms with Gasteiger partial charge in [0.05, 0.1) is 29.4 Å². The van der Waals surface area contributed by atoms with Gasteiger partial charge in [-0.2, -0.15) is 5.10 Å². The number of H-pyrrole nitrogens is 1. The molecule has 15 heteroatoms. The van der Waals surface area contributed by atoms with Crippen LogP contribution >= 0.6 is 0 Å². The van der Waals surface area contributed by atoms with E-state index in [4.69, 9.17) is 14.2 Å². The van der Waals surface area contributed by atoms with Crippen molar-refractivity contribution < 1.29 is 37.8 Å². The highest BCUT2D eigenvalue weighted by atomic mass is 19.1. The van der Waals surface area contributed by atoms with Gasteiger partial charge in [0.15, 0.2) is 0 Å². The number of halogens is 1. The molecule has 344 valence electrons. The van der Waals surface area contributed by atoms with Crippen molar-refractivity contribution in [1.29, 1.82) is 0 Å². The van der Waals surface area contributed by atoms with Crippen molar-refractivity contribution in [3.05, 3.63) is 171 Å². The highest BCUT2D eigenvalue weighted by molar-refractivity contribution is 5.95. The van der Waals surface area contributed by atoms with E-state index in [0.29, 0.717) is 48.0 Å². The fraction of sp³-hybridized carbons (Fsp3) is 0.308. The summed E-state index contributed by atoms with van der Waals surface area (Å²) in [4.78, 5) is 72.9. The number of hydrogen-bond donors (Lipinski definition) is 1. The number of piperazine rings is 1. The number of likely N-dealkylation sites (tertiary alicyclic amines) is 1. The van der Waals surface area contributed by atoms with Crippen LogP contribution in [0.1, 0.15) is 57.1 Å². The minimum Gasteiger partial charge on any atom is -0.448 e. The second-order valence-electron chi connectivity index (χ2n) is 17.0. The summed E-state index contributed by atoms with van der Waals surface area (Å²) in [5, 5.41) is 7.90. The maximum atomic E-state index is 15.2. The van der Waals surface area contributed by atoms with Crippen LogP contribution in [0, 0.1) is 5.82 Å². The molecule has 1 N–H and O–H groups in total. The largest absolute Gasteiger partial charge is 0.448 e. The quantitative estimate of drug-likeness (QED) is 0.129. The molecular weight excluding hydrogens is 856 g/mol. The lowest BCUT2D eigenvalue weighted by atomic mass is 9.98. The summed E-state index contributed by atoms with van der Waals surface area (Å²) in [5.74, 6) is -1.67. The average molecular weight is 907 g/mol. The summed E-state index contributed by atoms with van der Waals surface area (Å²) in [7, 11) is 0. The molecule has 2 fully saturated rings. The third kappa shape index (κ3) is 10.2. The van der Waals surface area contributed by atoms with Crippen molar-refractivity contribution in [1.82, 2.24) is 29.8 Å². The molecule has 3 heterocycles. The lowest BCUT2D eigenvalue weighted by Gasteiger charge is -2.36. The summed E-state index contributed by atoms with van der Waals surface area (Å²) >= 11 is 0. The van der Waals surface area contributed by atoms with Gasteiger partial charge in [-0.3, -0.25) is 19.3 Å². The van der Waals surface area contributed by atoms with Crippen molar-refractivity contribution >= 4 is 34.8 Å². The zero-order chi connectivity index (χ0) is 46.3. The third-order valence-corrected chi connectivity index (χ3v) is 12.9. The van der Waals surface area contributed by atoms with Gasteiger partial charge >= 0.3 is 12.2 Å².